The Hall–Kier alpha value is -3.20. The molecule has 0 spiro atoms. The van der Waals surface area contributed by atoms with Crippen LogP contribution in [0.5, 0.6) is 5.75 Å². The van der Waals surface area contributed by atoms with Gasteiger partial charge in [-0.3, -0.25) is 16.7 Å². The zero-order chi connectivity index (χ0) is 25.6. The van der Waals surface area contributed by atoms with Gasteiger partial charge in [-0.15, -0.1) is 0 Å². The first-order chi connectivity index (χ1) is 16.6. The molecule has 11 heteroatoms. The highest BCUT2D eigenvalue weighted by atomic mass is 35.5. The average molecular weight is 505 g/mol. The maximum absolute atomic E-state index is 15.7. The van der Waals surface area contributed by atoms with Crippen LogP contribution in [0.15, 0.2) is 60.8 Å². The molecule has 0 radical (unpaired) electrons. The van der Waals surface area contributed by atoms with Gasteiger partial charge in [0.25, 0.3) is 5.92 Å². The number of ether oxygens (including phenoxy) is 1. The first-order valence-corrected chi connectivity index (χ1v) is 10.8. The number of benzene rings is 2. The number of nitrogens with zero attached hydrogens (tertiary/aromatic N) is 4. The minimum absolute atomic E-state index is 0.0304. The van der Waals surface area contributed by atoms with Gasteiger partial charge in [0.05, 0.1) is 30.4 Å². The lowest BCUT2D eigenvalue weighted by molar-refractivity contribution is -0.0523. The highest BCUT2D eigenvalue weighted by Crippen LogP contribution is 2.43. The molecule has 1 unspecified atom stereocenters. The Morgan fingerprint density at radius 2 is 1.86 bits per heavy atom. The summed E-state index contributed by atoms with van der Waals surface area (Å²) in [6.07, 6.45) is 1.18. The molecule has 0 aliphatic heterocycles. The summed E-state index contributed by atoms with van der Waals surface area (Å²) in [4.78, 5) is 3.89. The van der Waals surface area contributed by atoms with Gasteiger partial charge in [0.1, 0.15) is 23.9 Å². The second-order valence-electron chi connectivity index (χ2n) is 7.99. The molecule has 0 bridgehead atoms. The maximum atomic E-state index is 15.7. The van der Waals surface area contributed by atoms with Crippen molar-refractivity contribution >= 4 is 11.6 Å². The summed E-state index contributed by atoms with van der Waals surface area (Å²) >= 11 is 5.81. The van der Waals surface area contributed by atoms with Crippen LogP contribution < -0.4 is 16.4 Å². The maximum Gasteiger partial charge on any atom is 0.297 e. The molecule has 1 heterocycles. The van der Waals surface area contributed by atoms with Crippen molar-refractivity contribution in [1.82, 2.24) is 15.0 Å². The Kier molecular flexibility index (Phi) is 8.67. The van der Waals surface area contributed by atoms with Crippen molar-refractivity contribution in [2.45, 2.75) is 18.4 Å². The molecule has 35 heavy (non-hydrogen) atoms. The summed E-state index contributed by atoms with van der Waals surface area (Å²) < 4.78 is 51.6. The molecule has 0 saturated heterocycles. The van der Waals surface area contributed by atoms with Gasteiger partial charge in [0.2, 0.25) is 0 Å². The third-order valence-electron chi connectivity index (χ3n) is 5.16. The Labute approximate surface area is 206 Å². The molecular formula is C24H24ClF3N6O. The van der Waals surface area contributed by atoms with Crippen molar-refractivity contribution in [3.63, 3.8) is 0 Å². The number of hydrogen-bond acceptors (Lipinski definition) is 7. The van der Waals surface area contributed by atoms with E-state index in [1.165, 1.54) is 36.5 Å². The van der Waals surface area contributed by atoms with E-state index in [1.807, 2.05) is 6.07 Å². The van der Waals surface area contributed by atoms with Crippen LogP contribution in [-0.2, 0) is 12.5 Å². The molecule has 3 aromatic rings. The molecule has 0 aliphatic rings. The van der Waals surface area contributed by atoms with Crippen molar-refractivity contribution in [2.75, 3.05) is 20.3 Å². The normalized spacial score (nSPS) is 12.6. The van der Waals surface area contributed by atoms with Crippen molar-refractivity contribution in [1.29, 1.82) is 5.26 Å². The van der Waals surface area contributed by atoms with E-state index in [1.54, 1.807) is 24.3 Å². The molecule has 0 saturated carbocycles. The topological polar surface area (TPSA) is 104 Å². The summed E-state index contributed by atoms with van der Waals surface area (Å²) in [6.45, 7) is -0.278. The van der Waals surface area contributed by atoms with Gasteiger partial charge in [-0.2, -0.15) is 14.0 Å². The minimum Gasteiger partial charge on any atom is -0.487 e. The van der Waals surface area contributed by atoms with Crippen molar-refractivity contribution in [3.05, 3.63) is 94.0 Å². The standard InChI is InChI=1S/C24H24ClF3N6O/c1-33(30)15-34(31)13-21(20-8-6-18(25)10-22(20)26)24(27,28)23-9-7-19(12-32-23)35-14-17-4-2-16(11-29)3-5-17/h2-10,12,21H,13-15,30-31H2,1H3. The molecule has 3 rings (SSSR count). The molecule has 0 fully saturated rings. The number of hydrazine groups is 2. The number of rotatable bonds is 10. The second kappa shape index (κ2) is 11.5. The predicted molar refractivity (Wildman–Crippen MR) is 125 cm³/mol. The molecule has 1 atom stereocenters. The molecule has 4 N–H and O–H groups in total. The molecular weight excluding hydrogens is 481 g/mol. The van der Waals surface area contributed by atoms with Gasteiger partial charge in [0.15, 0.2) is 0 Å². The summed E-state index contributed by atoms with van der Waals surface area (Å²) in [5.41, 5.74) is 0.488. The molecule has 184 valence electrons. The quantitative estimate of drug-likeness (QED) is 0.243. The van der Waals surface area contributed by atoms with E-state index >= 15 is 8.78 Å². The summed E-state index contributed by atoms with van der Waals surface area (Å²) in [5, 5.41) is 11.2. The molecule has 7 nitrogen and oxygen atoms in total. The fourth-order valence-electron chi connectivity index (χ4n) is 3.45. The number of halogens is 4. The highest BCUT2D eigenvalue weighted by molar-refractivity contribution is 6.30. The first kappa shape index (κ1) is 26.4. The van der Waals surface area contributed by atoms with Crippen LogP contribution in [-0.4, -0.2) is 35.3 Å². The third-order valence-corrected chi connectivity index (χ3v) is 5.40. The lowest BCUT2D eigenvalue weighted by atomic mass is 9.89. The first-order valence-electron chi connectivity index (χ1n) is 10.5. The number of hydrogen-bond donors (Lipinski definition) is 2. The lowest BCUT2D eigenvalue weighted by Gasteiger charge is -2.31. The smallest absolute Gasteiger partial charge is 0.297 e. The average Bonchev–Trinajstić information content (AvgIpc) is 2.82. The van der Waals surface area contributed by atoms with E-state index in [9.17, 15) is 4.39 Å². The number of alkyl halides is 2. The minimum atomic E-state index is -3.59. The highest BCUT2D eigenvalue weighted by Gasteiger charge is 2.45. The van der Waals surface area contributed by atoms with Crippen molar-refractivity contribution in [2.24, 2.45) is 11.7 Å². The van der Waals surface area contributed by atoms with Gasteiger partial charge in [0, 0.05) is 18.6 Å². The van der Waals surface area contributed by atoms with E-state index in [4.69, 9.17) is 33.3 Å². The van der Waals surface area contributed by atoms with Crippen LogP contribution in [0.25, 0.3) is 0 Å². The van der Waals surface area contributed by atoms with Crippen LogP contribution >= 0.6 is 11.6 Å². The monoisotopic (exact) mass is 504 g/mol. The van der Waals surface area contributed by atoms with Crippen LogP contribution in [0.1, 0.15) is 28.3 Å². The molecule has 0 amide bonds. The van der Waals surface area contributed by atoms with E-state index in [0.29, 0.717) is 5.56 Å². The number of nitriles is 1. The summed E-state index contributed by atoms with van der Waals surface area (Å²) in [6, 6.07) is 14.8. The van der Waals surface area contributed by atoms with E-state index in [-0.39, 0.29) is 29.6 Å². The van der Waals surface area contributed by atoms with Gasteiger partial charge in [-0.25, -0.2) is 14.4 Å². The Balaban J connectivity index is 1.82. The fourth-order valence-corrected chi connectivity index (χ4v) is 3.61. The number of aromatic nitrogens is 1. The molecule has 2 aromatic carbocycles. The van der Waals surface area contributed by atoms with Crippen LogP contribution in [0.3, 0.4) is 0 Å². The Bertz CT molecular complexity index is 1170. The van der Waals surface area contributed by atoms with Gasteiger partial charge in [-0.05, 0) is 47.5 Å². The van der Waals surface area contributed by atoms with Gasteiger partial charge >= 0.3 is 0 Å². The fraction of sp³-hybridized carbons (Fsp3) is 0.250. The SMILES string of the molecule is CN(N)CN(N)CC(c1ccc(Cl)cc1F)C(F)(F)c1ccc(OCc2ccc(C#N)cc2)cn1. The Morgan fingerprint density at radius 3 is 2.43 bits per heavy atom. The van der Waals surface area contributed by atoms with Crippen LogP contribution in [0.4, 0.5) is 13.2 Å². The van der Waals surface area contributed by atoms with Gasteiger partial charge in [-0.1, -0.05) is 29.8 Å². The largest absolute Gasteiger partial charge is 0.487 e. The zero-order valence-corrected chi connectivity index (χ0v) is 19.6. The van der Waals surface area contributed by atoms with Crippen LogP contribution in [0, 0.1) is 17.1 Å². The van der Waals surface area contributed by atoms with Crippen molar-refractivity contribution in [3.8, 4) is 11.8 Å². The van der Waals surface area contributed by atoms with Crippen LogP contribution in [0.2, 0.25) is 5.02 Å². The van der Waals surface area contributed by atoms with Gasteiger partial charge < -0.3 is 4.74 Å². The number of nitrogens with two attached hydrogens (primary N) is 2. The van der Waals surface area contributed by atoms with Crippen molar-refractivity contribution < 1.29 is 17.9 Å². The Morgan fingerprint density at radius 1 is 1.14 bits per heavy atom. The summed E-state index contributed by atoms with van der Waals surface area (Å²) in [5.74, 6) is 5.57. The van der Waals surface area contributed by atoms with E-state index in [0.717, 1.165) is 22.7 Å². The zero-order valence-electron chi connectivity index (χ0n) is 18.8. The van der Waals surface area contributed by atoms with E-state index < -0.39 is 29.9 Å². The lowest BCUT2D eigenvalue weighted by Crippen LogP contribution is -2.47. The summed E-state index contributed by atoms with van der Waals surface area (Å²) in [7, 11) is 1.52. The second-order valence-corrected chi connectivity index (χ2v) is 8.42. The number of pyridine rings is 1. The molecule has 0 aliphatic carbocycles. The predicted octanol–water partition coefficient (Wildman–Crippen LogP) is 4.14. The third kappa shape index (κ3) is 6.91. The molecule has 1 aromatic heterocycles. The van der Waals surface area contributed by atoms with E-state index in [2.05, 4.69) is 4.98 Å².